The highest BCUT2D eigenvalue weighted by atomic mass is 32.1. The Bertz CT molecular complexity index is 834. The van der Waals surface area contributed by atoms with Crippen LogP contribution < -0.4 is 5.32 Å². The number of carbonyl (C=O) groups excluding carboxylic acids is 1. The van der Waals surface area contributed by atoms with Gasteiger partial charge in [-0.25, -0.2) is 4.98 Å². The predicted molar refractivity (Wildman–Crippen MR) is 94.0 cm³/mol. The first-order valence-electron chi connectivity index (χ1n) is 8.06. The van der Waals surface area contributed by atoms with Crippen molar-refractivity contribution >= 4 is 17.2 Å². The third kappa shape index (κ3) is 3.10. The van der Waals surface area contributed by atoms with Gasteiger partial charge in [-0.15, -0.1) is 11.3 Å². The Morgan fingerprint density at radius 2 is 2.12 bits per heavy atom. The number of nitrogens with one attached hydrogen (secondary N) is 2. The Morgan fingerprint density at radius 3 is 2.79 bits per heavy atom. The van der Waals surface area contributed by atoms with Crippen LogP contribution in [-0.2, 0) is 0 Å². The Hall–Kier alpha value is -2.47. The highest BCUT2D eigenvalue weighted by molar-refractivity contribution is 7.13. The van der Waals surface area contributed by atoms with Gasteiger partial charge in [-0.2, -0.15) is 5.10 Å². The van der Waals surface area contributed by atoms with Gasteiger partial charge in [0.05, 0.1) is 12.2 Å². The molecule has 0 spiro atoms. The third-order valence-electron chi connectivity index (χ3n) is 4.31. The molecule has 0 aliphatic heterocycles. The van der Waals surface area contributed by atoms with E-state index in [1.165, 1.54) is 29.7 Å². The molecule has 1 amide bonds. The molecule has 2 aromatic heterocycles. The van der Waals surface area contributed by atoms with Crippen LogP contribution in [0.25, 0.3) is 10.6 Å². The van der Waals surface area contributed by atoms with Crippen LogP contribution in [0.5, 0.6) is 0 Å². The van der Waals surface area contributed by atoms with Crippen molar-refractivity contribution in [2.24, 2.45) is 0 Å². The molecule has 0 saturated heterocycles. The molecule has 6 heteroatoms. The van der Waals surface area contributed by atoms with E-state index in [2.05, 4.69) is 44.8 Å². The average Bonchev–Trinajstić information content (AvgIpc) is 3.10. The molecule has 4 rings (SSSR count). The van der Waals surface area contributed by atoms with E-state index in [9.17, 15) is 4.79 Å². The van der Waals surface area contributed by atoms with Crippen molar-refractivity contribution in [2.75, 3.05) is 0 Å². The van der Waals surface area contributed by atoms with Crippen molar-refractivity contribution in [1.29, 1.82) is 0 Å². The van der Waals surface area contributed by atoms with Gasteiger partial charge in [0.25, 0.3) is 5.91 Å². The normalized spacial score (nSPS) is 15.2. The molecule has 1 aliphatic rings. The number of rotatable bonds is 5. The van der Waals surface area contributed by atoms with Crippen LogP contribution in [-0.4, -0.2) is 21.1 Å². The van der Waals surface area contributed by atoms with Gasteiger partial charge in [-0.3, -0.25) is 9.89 Å². The number of benzene rings is 1. The van der Waals surface area contributed by atoms with Gasteiger partial charge in [0.2, 0.25) is 0 Å². The van der Waals surface area contributed by atoms with Gasteiger partial charge >= 0.3 is 0 Å². The number of hydrogen-bond donors (Lipinski definition) is 2. The summed E-state index contributed by atoms with van der Waals surface area (Å²) in [5.41, 5.74) is 3.85. The number of H-pyrrole nitrogens is 1. The Morgan fingerprint density at radius 1 is 1.33 bits per heavy atom. The van der Waals surface area contributed by atoms with Gasteiger partial charge in [0, 0.05) is 17.1 Å². The fourth-order valence-electron chi connectivity index (χ4n) is 2.71. The zero-order valence-electron chi connectivity index (χ0n) is 13.3. The molecule has 24 heavy (non-hydrogen) atoms. The van der Waals surface area contributed by atoms with Crippen LogP contribution in [0.2, 0.25) is 0 Å². The molecular formula is C18H18N4OS. The topological polar surface area (TPSA) is 70.7 Å². The molecule has 1 aromatic carbocycles. The van der Waals surface area contributed by atoms with Crippen molar-refractivity contribution in [1.82, 2.24) is 20.5 Å². The maximum atomic E-state index is 12.4. The number of aromatic amines is 1. The second kappa shape index (κ2) is 6.20. The molecule has 5 nitrogen and oxygen atoms in total. The molecule has 1 fully saturated rings. The van der Waals surface area contributed by atoms with Crippen molar-refractivity contribution in [3.05, 3.63) is 58.9 Å². The molecule has 2 N–H and O–H groups in total. The Kier molecular flexibility index (Phi) is 3.90. The highest BCUT2D eigenvalue weighted by Crippen LogP contribution is 2.40. The monoisotopic (exact) mass is 338 g/mol. The van der Waals surface area contributed by atoms with Gasteiger partial charge in [-0.05, 0) is 36.8 Å². The van der Waals surface area contributed by atoms with Gasteiger partial charge < -0.3 is 5.32 Å². The summed E-state index contributed by atoms with van der Waals surface area (Å²) in [6.45, 7) is 1.99. The number of amides is 1. The van der Waals surface area contributed by atoms with E-state index in [4.69, 9.17) is 0 Å². The summed E-state index contributed by atoms with van der Waals surface area (Å²) < 4.78 is 0. The van der Waals surface area contributed by atoms with Gasteiger partial charge in [-0.1, -0.05) is 24.3 Å². The summed E-state index contributed by atoms with van der Waals surface area (Å²) >= 11 is 1.44. The van der Waals surface area contributed by atoms with Crippen LogP contribution >= 0.6 is 11.3 Å². The first-order valence-corrected chi connectivity index (χ1v) is 8.94. The van der Waals surface area contributed by atoms with Crippen LogP contribution in [0, 0.1) is 0 Å². The van der Waals surface area contributed by atoms with E-state index in [0.29, 0.717) is 5.69 Å². The Balaban J connectivity index is 1.43. The van der Waals surface area contributed by atoms with E-state index in [0.717, 1.165) is 22.1 Å². The van der Waals surface area contributed by atoms with Crippen molar-refractivity contribution < 1.29 is 4.79 Å². The summed E-state index contributed by atoms with van der Waals surface area (Å²) in [4.78, 5) is 16.8. The molecular weight excluding hydrogens is 320 g/mol. The lowest BCUT2D eigenvalue weighted by Crippen LogP contribution is -2.26. The molecule has 0 bridgehead atoms. The average molecular weight is 338 g/mol. The predicted octanol–water partition coefficient (Wildman–Crippen LogP) is 3.90. The number of aromatic nitrogens is 3. The minimum absolute atomic E-state index is 0.0511. The van der Waals surface area contributed by atoms with E-state index < -0.39 is 0 Å². The van der Waals surface area contributed by atoms with Crippen molar-refractivity contribution in [2.45, 2.75) is 31.7 Å². The number of thiazole rings is 1. The molecule has 1 unspecified atom stereocenters. The summed E-state index contributed by atoms with van der Waals surface area (Å²) in [5, 5.41) is 12.2. The second-order valence-electron chi connectivity index (χ2n) is 6.16. The smallest absolute Gasteiger partial charge is 0.271 e. The van der Waals surface area contributed by atoms with Crippen LogP contribution in [0.1, 0.15) is 53.3 Å². The minimum Gasteiger partial charge on any atom is -0.344 e. The number of hydrogen-bond acceptors (Lipinski definition) is 4. The molecule has 1 aliphatic carbocycles. The first-order chi connectivity index (χ1) is 11.7. The van der Waals surface area contributed by atoms with Crippen LogP contribution in [0.4, 0.5) is 0 Å². The standard InChI is InChI=1S/C18H18N4OS/c1-11(12-2-4-13(5-3-12)14-6-7-14)21-17(23)16-10-24-18(22-16)15-8-19-20-9-15/h2-5,8-11,14H,6-7H2,1H3,(H,19,20)(H,21,23). The van der Waals surface area contributed by atoms with E-state index >= 15 is 0 Å². The maximum Gasteiger partial charge on any atom is 0.271 e. The molecule has 0 radical (unpaired) electrons. The highest BCUT2D eigenvalue weighted by Gasteiger charge is 2.23. The third-order valence-corrected chi connectivity index (χ3v) is 5.21. The quantitative estimate of drug-likeness (QED) is 0.741. The van der Waals surface area contributed by atoms with E-state index in [1.807, 2.05) is 6.92 Å². The summed E-state index contributed by atoms with van der Waals surface area (Å²) in [6, 6.07) is 8.52. The lowest BCUT2D eigenvalue weighted by Gasteiger charge is -2.14. The van der Waals surface area contributed by atoms with Crippen LogP contribution in [0.15, 0.2) is 42.0 Å². The first kappa shape index (κ1) is 15.1. The second-order valence-corrected chi connectivity index (χ2v) is 7.02. The summed E-state index contributed by atoms with van der Waals surface area (Å²) in [7, 11) is 0. The van der Waals surface area contributed by atoms with Gasteiger partial charge in [0.15, 0.2) is 0 Å². The zero-order chi connectivity index (χ0) is 16.5. The summed E-state index contributed by atoms with van der Waals surface area (Å²) in [6.07, 6.45) is 6.07. The number of carbonyl (C=O) groups is 1. The SMILES string of the molecule is CC(NC(=O)c1csc(-c2cn[nH]c2)n1)c1ccc(C2CC2)cc1. The van der Waals surface area contributed by atoms with Gasteiger partial charge in [0.1, 0.15) is 10.7 Å². The molecule has 1 atom stereocenters. The fraction of sp³-hybridized carbons (Fsp3) is 0.278. The minimum atomic E-state index is -0.153. The lowest BCUT2D eigenvalue weighted by atomic mass is 10.0. The molecule has 3 aromatic rings. The van der Waals surface area contributed by atoms with Crippen LogP contribution in [0.3, 0.4) is 0 Å². The zero-order valence-corrected chi connectivity index (χ0v) is 14.1. The van der Waals surface area contributed by atoms with E-state index in [-0.39, 0.29) is 11.9 Å². The largest absolute Gasteiger partial charge is 0.344 e. The molecule has 2 heterocycles. The summed E-state index contributed by atoms with van der Waals surface area (Å²) in [5.74, 6) is 0.597. The molecule has 122 valence electrons. The maximum absolute atomic E-state index is 12.4. The van der Waals surface area contributed by atoms with Crippen molar-refractivity contribution in [3.63, 3.8) is 0 Å². The number of nitrogens with zero attached hydrogens (tertiary/aromatic N) is 2. The van der Waals surface area contributed by atoms with Crippen molar-refractivity contribution in [3.8, 4) is 10.6 Å². The molecule has 1 saturated carbocycles. The lowest BCUT2D eigenvalue weighted by molar-refractivity contribution is 0.0935. The fourth-order valence-corrected chi connectivity index (χ4v) is 3.49. The van der Waals surface area contributed by atoms with E-state index in [1.54, 1.807) is 17.8 Å². The Labute approximate surface area is 144 Å².